The lowest BCUT2D eigenvalue weighted by molar-refractivity contribution is -0.125. The van der Waals surface area contributed by atoms with E-state index in [9.17, 15) is 9.59 Å². The first kappa shape index (κ1) is 16.4. The van der Waals surface area contributed by atoms with Gasteiger partial charge in [0.25, 0.3) is 5.91 Å². The Labute approximate surface area is 150 Å². The van der Waals surface area contributed by atoms with Gasteiger partial charge in [-0.15, -0.1) is 0 Å². The Kier molecular flexibility index (Phi) is 4.24. The molecule has 3 aromatic rings. The highest BCUT2D eigenvalue weighted by Crippen LogP contribution is 2.25. The average Bonchev–Trinajstić information content (AvgIpc) is 3.40. The second kappa shape index (κ2) is 6.71. The molecule has 2 atom stereocenters. The first-order valence-electron chi connectivity index (χ1n) is 8.77. The van der Waals surface area contributed by atoms with E-state index >= 15 is 0 Å². The Bertz CT molecular complexity index is 895. The second-order valence-corrected chi connectivity index (χ2v) is 6.55. The number of benzene rings is 1. The number of hydrogen-bond donors (Lipinski definition) is 1. The zero-order valence-corrected chi connectivity index (χ0v) is 14.5. The number of hydrogen-bond acceptors (Lipinski definition) is 4. The third kappa shape index (κ3) is 2.98. The highest BCUT2D eigenvalue weighted by molar-refractivity contribution is 5.96. The van der Waals surface area contributed by atoms with Crippen LogP contribution in [0.15, 0.2) is 57.6 Å². The predicted molar refractivity (Wildman–Crippen MR) is 95.5 cm³/mol. The molecule has 0 saturated carbocycles. The van der Waals surface area contributed by atoms with Crippen LogP contribution in [0.25, 0.3) is 11.0 Å². The Morgan fingerprint density at radius 1 is 1.23 bits per heavy atom. The third-order valence-electron chi connectivity index (χ3n) is 4.78. The molecule has 6 heteroatoms. The lowest BCUT2D eigenvalue weighted by Gasteiger charge is -2.24. The average molecular weight is 352 g/mol. The molecule has 2 amide bonds. The van der Waals surface area contributed by atoms with Crippen molar-refractivity contribution in [1.82, 2.24) is 10.2 Å². The van der Waals surface area contributed by atoms with E-state index in [-0.39, 0.29) is 23.6 Å². The van der Waals surface area contributed by atoms with Crippen molar-refractivity contribution in [2.24, 2.45) is 0 Å². The smallest absolute Gasteiger partial charge is 0.290 e. The second-order valence-electron chi connectivity index (χ2n) is 6.55. The number of fused-ring (bicyclic) bond motifs is 1. The summed E-state index contributed by atoms with van der Waals surface area (Å²) in [6.45, 7) is 2.43. The Morgan fingerprint density at radius 2 is 2.08 bits per heavy atom. The van der Waals surface area contributed by atoms with Gasteiger partial charge in [0.05, 0.1) is 12.3 Å². The van der Waals surface area contributed by atoms with Gasteiger partial charge in [0, 0.05) is 11.9 Å². The number of likely N-dealkylation sites (tertiary alicyclic amines) is 1. The van der Waals surface area contributed by atoms with E-state index in [4.69, 9.17) is 8.83 Å². The number of para-hydroxylation sites is 1. The first-order chi connectivity index (χ1) is 12.6. The molecular weight excluding hydrogens is 332 g/mol. The molecule has 0 aliphatic carbocycles. The lowest BCUT2D eigenvalue weighted by Crippen LogP contribution is -2.46. The topological polar surface area (TPSA) is 75.7 Å². The number of carbonyl (C=O) groups excluding carboxylic acids is 2. The maximum absolute atomic E-state index is 12.8. The minimum absolute atomic E-state index is 0.171. The van der Waals surface area contributed by atoms with Crippen molar-refractivity contribution in [3.8, 4) is 0 Å². The quantitative estimate of drug-likeness (QED) is 0.780. The van der Waals surface area contributed by atoms with E-state index in [1.54, 1.807) is 17.0 Å². The van der Waals surface area contributed by atoms with E-state index in [1.807, 2.05) is 37.3 Å². The molecule has 6 nitrogen and oxygen atoms in total. The molecule has 0 unspecified atom stereocenters. The molecule has 1 saturated heterocycles. The van der Waals surface area contributed by atoms with Gasteiger partial charge < -0.3 is 19.1 Å². The van der Waals surface area contributed by atoms with Gasteiger partial charge >= 0.3 is 0 Å². The monoisotopic (exact) mass is 352 g/mol. The van der Waals surface area contributed by atoms with Gasteiger partial charge in [-0.3, -0.25) is 9.59 Å². The normalized spacial score (nSPS) is 18.2. The molecule has 1 aliphatic heterocycles. The highest BCUT2D eigenvalue weighted by Gasteiger charge is 2.36. The van der Waals surface area contributed by atoms with E-state index in [0.29, 0.717) is 18.7 Å². The van der Waals surface area contributed by atoms with E-state index in [2.05, 4.69) is 5.32 Å². The summed E-state index contributed by atoms with van der Waals surface area (Å²) in [6.07, 6.45) is 2.90. The van der Waals surface area contributed by atoms with Gasteiger partial charge in [0.2, 0.25) is 5.91 Å². The van der Waals surface area contributed by atoms with E-state index < -0.39 is 6.04 Å². The molecule has 3 heterocycles. The van der Waals surface area contributed by atoms with Gasteiger partial charge in [-0.2, -0.15) is 0 Å². The minimum atomic E-state index is -0.487. The van der Waals surface area contributed by atoms with Crippen LogP contribution in [0.5, 0.6) is 0 Å². The fraction of sp³-hybridized carbons (Fsp3) is 0.300. The maximum atomic E-state index is 12.8. The van der Waals surface area contributed by atoms with E-state index in [1.165, 1.54) is 6.26 Å². The molecule has 1 aromatic carbocycles. The van der Waals surface area contributed by atoms with Gasteiger partial charge in [-0.05, 0) is 44.0 Å². The van der Waals surface area contributed by atoms with Gasteiger partial charge in [-0.25, -0.2) is 0 Å². The Hall–Kier alpha value is -3.02. The summed E-state index contributed by atoms with van der Waals surface area (Å²) >= 11 is 0. The molecule has 4 rings (SSSR count). The van der Waals surface area contributed by atoms with Crippen molar-refractivity contribution in [2.75, 3.05) is 6.54 Å². The van der Waals surface area contributed by atoms with Crippen LogP contribution in [0, 0.1) is 0 Å². The number of nitrogens with one attached hydrogen (secondary N) is 1. The maximum Gasteiger partial charge on any atom is 0.290 e. The van der Waals surface area contributed by atoms with Crippen LogP contribution in [-0.2, 0) is 4.79 Å². The molecular formula is C20H20N2O4. The number of carbonyl (C=O) groups is 2. The van der Waals surface area contributed by atoms with Crippen LogP contribution < -0.4 is 5.32 Å². The third-order valence-corrected chi connectivity index (χ3v) is 4.78. The summed E-state index contributed by atoms with van der Waals surface area (Å²) in [5.74, 6) is 0.538. The largest absolute Gasteiger partial charge is 0.459 e. The molecule has 0 radical (unpaired) electrons. The van der Waals surface area contributed by atoms with Crippen LogP contribution >= 0.6 is 0 Å². The molecule has 26 heavy (non-hydrogen) atoms. The van der Waals surface area contributed by atoms with Crippen molar-refractivity contribution in [2.45, 2.75) is 31.8 Å². The molecule has 134 valence electrons. The summed E-state index contributed by atoms with van der Waals surface area (Å²) in [4.78, 5) is 26.9. The van der Waals surface area contributed by atoms with Gasteiger partial charge in [0.15, 0.2) is 5.76 Å². The standard InChI is InChI=1S/C20H20N2O4/c1-13(18-12-14-6-2-3-8-16(14)26-18)21-19(23)15-7-4-10-22(15)20(24)17-9-5-11-25-17/h2-3,5-6,8-9,11-13,15H,4,7,10H2,1H3,(H,21,23)/t13-,15-/m0/s1. The summed E-state index contributed by atoms with van der Waals surface area (Å²) in [6, 6.07) is 12.2. The predicted octanol–water partition coefficient (Wildman–Crippen LogP) is 3.51. The molecule has 1 fully saturated rings. The molecule has 1 N–H and O–H groups in total. The van der Waals surface area contributed by atoms with Crippen molar-refractivity contribution >= 4 is 22.8 Å². The SMILES string of the molecule is C[C@H](NC(=O)[C@@H]1CCCN1C(=O)c1ccco1)c1cc2ccccc2o1. The number of furan rings is 2. The molecule has 0 bridgehead atoms. The van der Waals surface area contributed by atoms with Crippen molar-refractivity contribution < 1.29 is 18.4 Å². The zero-order chi connectivity index (χ0) is 18.1. The summed E-state index contributed by atoms with van der Waals surface area (Å²) < 4.78 is 11.0. The fourth-order valence-electron chi connectivity index (χ4n) is 3.42. The van der Waals surface area contributed by atoms with Crippen LogP contribution in [-0.4, -0.2) is 29.3 Å². The van der Waals surface area contributed by atoms with Crippen LogP contribution in [0.4, 0.5) is 0 Å². The summed E-state index contributed by atoms with van der Waals surface area (Å²) in [5.41, 5.74) is 0.791. The number of nitrogens with zero attached hydrogens (tertiary/aromatic N) is 1. The molecule has 1 aliphatic rings. The van der Waals surface area contributed by atoms with Crippen molar-refractivity contribution in [1.29, 1.82) is 0 Å². The van der Waals surface area contributed by atoms with Crippen LogP contribution in [0.3, 0.4) is 0 Å². The summed E-state index contributed by atoms with van der Waals surface area (Å²) in [5, 5.41) is 3.97. The van der Waals surface area contributed by atoms with Crippen molar-refractivity contribution in [3.05, 3.63) is 60.2 Å². The molecule has 2 aromatic heterocycles. The van der Waals surface area contributed by atoms with E-state index in [0.717, 1.165) is 17.4 Å². The van der Waals surface area contributed by atoms with Crippen LogP contribution in [0.1, 0.15) is 42.1 Å². The minimum Gasteiger partial charge on any atom is -0.459 e. The summed E-state index contributed by atoms with van der Waals surface area (Å²) in [7, 11) is 0. The first-order valence-corrected chi connectivity index (χ1v) is 8.77. The van der Waals surface area contributed by atoms with Crippen LogP contribution in [0.2, 0.25) is 0 Å². The molecule has 0 spiro atoms. The number of rotatable bonds is 4. The fourth-order valence-corrected chi connectivity index (χ4v) is 3.42. The van der Waals surface area contributed by atoms with Gasteiger partial charge in [-0.1, -0.05) is 18.2 Å². The van der Waals surface area contributed by atoms with Crippen molar-refractivity contribution in [3.63, 3.8) is 0 Å². The Morgan fingerprint density at radius 3 is 2.85 bits per heavy atom. The van der Waals surface area contributed by atoms with Gasteiger partial charge in [0.1, 0.15) is 17.4 Å². The zero-order valence-electron chi connectivity index (χ0n) is 14.5. The highest BCUT2D eigenvalue weighted by atomic mass is 16.3. The lowest BCUT2D eigenvalue weighted by atomic mass is 10.1. The number of amides is 2. The Balaban J connectivity index is 1.47.